The lowest BCUT2D eigenvalue weighted by molar-refractivity contribution is 0.382. The number of nitrogens with zero attached hydrogens (tertiary/aromatic N) is 6. The lowest BCUT2D eigenvalue weighted by atomic mass is 10.2. The smallest absolute Gasteiger partial charge is 0.246 e. The monoisotopic (exact) mass is 384 g/mol. The predicted molar refractivity (Wildman–Crippen MR) is 101 cm³/mol. The van der Waals surface area contributed by atoms with Crippen LogP contribution in [0, 0.1) is 0 Å². The maximum absolute atomic E-state index is 12.9. The van der Waals surface area contributed by atoms with Crippen LogP contribution >= 0.6 is 0 Å². The van der Waals surface area contributed by atoms with Crippen molar-refractivity contribution in [3.63, 3.8) is 0 Å². The van der Waals surface area contributed by atoms with Gasteiger partial charge in [-0.15, -0.1) is 0 Å². The first-order valence-corrected chi connectivity index (χ1v) is 10.2. The summed E-state index contributed by atoms with van der Waals surface area (Å²) in [4.78, 5) is 10.7. The molecule has 1 fully saturated rings. The Kier molecular flexibility index (Phi) is 4.87. The Labute approximate surface area is 158 Å². The zero-order valence-corrected chi connectivity index (χ0v) is 15.5. The molecule has 0 N–H and O–H groups in total. The molecule has 0 unspecified atom stereocenters. The van der Waals surface area contributed by atoms with Crippen LogP contribution in [0.4, 0.5) is 5.95 Å². The fourth-order valence-corrected chi connectivity index (χ4v) is 4.44. The normalized spacial score (nSPS) is 15.8. The third-order valence-corrected chi connectivity index (χ3v) is 6.36. The van der Waals surface area contributed by atoms with E-state index in [1.165, 1.54) is 10.5 Å². The molecule has 0 aliphatic carbocycles. The second kappa shape index (κ2) is 7.45. The Hall–Kier alpha value is -2.78. The van der Waals surface area contributed by atoms with Crippen molar-refractivity contribution >= 4 is 16.0 Å². The van der Waals surface area contributed by atoms with Crippen LogP contribution in [0.5, 0.6) is 0 Å². The van der Waals surface area contributed by atoms with Crippen molar-refractivity contribution in [1.82, 2.24) is 24.1 Å². The third kappa shape index (κ3) is 3.83. The SMILES string of the molecule is O=S(=O)(c1cnn(Cc2ccccc2)c1)N1CCN(c2ncccn2)CC1. The molecule has 0 spiro atoms. The van der Waals surface area contributed by atoms with Gasteiger partial charge < -0.3 is 4.90 Å². The maximum Gasteiger partial charge on any atom is 0.246 e. The summed E-state index contributed by atoms with van der Waals surface area (Å²) in [5.41, 5.74) is 1.07. The highest BCUT2D eigenvalue weighted by Gasteiger charge is 2.30. The number of anilines is 1. The van der Waals surface area contributed by atoms with E-state index >= 15 is 0 Å². The molecule has 27 heavy (non-hydrogen) atoms. The first kappa shape index (κ1) is 17.6. The Bertz CT molecular complexity index is 983. The molecule has 2 aromatic heterocycles. The van der Waals surface area contributed by atoms with Crippen molar-refractivity contribution in [2.45, 2.75) is 11.4 Å². The van der Waals surface area contributed by atoms with E-state index in [0.717, 1.165) is 5.56 Å². The van der Waals surface area contributed by atoms with Gasteiger partial charge >= 0.3 is 0 Å². The van der Waals surface area contributed by atoms with Crippen LogP contribution in [0.15, 0.2) is 66.1 Å². The van der Waals surface area contributed by atoms with Crippen LogP contribution in [0.3, 0.4) is 0 Å². The second-order valence-electron chi connectivity index (χ2n) is 6.30. The van der Waals surface area contributed by atoms with Gasteiger partial charge in [-0.3, -0.25) is 4.68 Å². The zero-order valence-electron chi connectivity index (χ0n) is 14.7. The minimum absolute atomic E-state index is 0.225. The lowest BCUT2D eigenvalue weighted by Crippen LogP contribution is -2.49. The largest absolute Gasteiger partial charge is 0.338 e. The molecule has 1 aliphatic rings. The topological polar surface area (TPSA) is 84.2 Å². The number of hydrogen-bond acceptors (Lipinski definition) is 6. The van der Waals surface area contributed by atoms with Crippen LogP contribution in [-0.2, 0) is 16.6 Å². The summed E-state index contributed by atoms with van der Waals surface area (Å²) >= 11 is 0. The van der Waals surface area contributed by atoms with E-state index < -0.39 is 10.0 Å². The van der Waals surface area contributed by atoms with E-state index in [1.54, 1.807) is 29.3 Å². The third-order valence-electron chi connectivity index (χ3n) is 4.51. The summed E-state index contributed by atoms with van der Waals surface area (Å²) in [6, 6.07) is 11.6. The Balaban J connectivity index is 1.43. The van der Waals surface area contributed by atoms with Crippen molar-refractivity contribution in [3.8, 4) is 0 Å². The molecule has 9 heteroatoms. The van der Waals surface area contributed by atoms with Gasteiger partial charge in [-0.25, -0.2) is 18.4 Å². The van der Waals surface area contributed by atoms with Gasteiger partial charge in [0, 0.05) is 44.8 Å². The molecule has 8 nitrogen and oxygen atoms in total. The molecule has 4 rings (SSSR count). The molecule has 0 bridgehead atoms. The average Bonchev–Trinajstić information content (AvgIpc) is 3.19. The minimum Gasteiger partial charge on any atom is -0.338 e. The van der Waals surface area contributed by atoms with E-state index in [4.69, 9.17) is 0 Å². The van der Waals surface area contributed by atoms with E-state index in [0.29, 0.717) is 38.7 Å². The van der Waals surface area contributed by atoms with Crippen LogP contribution in [0.25, 0.3) is 0 Å². The van der Waals surface area contributed by atoms with Gasteiger partial charge in [0.25, 0.3) is 0 Å². The number of benzene rings is 1. The minimum atomic E-state index is -3.56. The Morgan fingerprint density at radius 3 is 2.33 bits per heavy atom. The van der Waals surface area contributed by atoms with Crippen molar-refractivity contribution < 1.29 is 8.42 Å². The quantitative estimate of drug-likeness (QED) is 0.658. The van der Waals surface area contributed by atoms with Crippen molar-refractivity contribution in [3.05, 3.63) is 66.7 Å². The molecule has 1 saturated heterocycles. The van der Waals surface area contributed by atoms with Gasteiger partial charge in [0.2, 0.25) is 16.0 Å². The summed E-state index contributed by atoms with van der Waals surface area (Å²) < 4.78 is 29.0. The number of aromatic nitrogens is 4. The highest BCUT2D eigenvalue weighted by Crippen LogP contribution is 2.19. The van der Waals surface area contributed by atoms with Crippen LogP contribution in [0.2, 0.25) is 0 Å². The molecule has 0 atom stereocenters. The Morgan fingerprint density at radius 2 is 1.63 bits per heavy atom. The van der Waals surface area contributed by atoms with Crippen LogP contribution < -0.4 is 4.90 Å². The molecule has 0 amide bonds. The van der Waals surface area contributed by atoms with E-state index in [-0.39, 0.29) is 4.90 Å². The molecule has 3 heterocycles. The molecule has 3 aromatic rings. The van der Waals surface area contributed by atoms with Gasteiger partial charge in [-0.1, -0.05) is 30.3 Å². The van der Waals surface area contributed by atoms with E-state index in [2.05, 4.69) is 15.1 Å². The zero-order chi connectivity index (χ0) is 18.7. The van der Waals surface area contributed by atoms with E-state index in [9.17, 15) is 8.42 Å². The van der Waals surface area contributed by atoms with Crippen LogP contribution in [-0.4, -0.2) is 58.7 Å². The van der Waals surface area contributed by atoms with E-state index in [1.807, 2.05) is 35.2 Å². The van der Waals surface area contributed by atoms with Crippen molar-refractivity contribution in [2.75, 3.05) is 31.1 Å². The van der Waals surface area contributed by atoms with Crippen molar-refractivity contribution in [2.24, 2.45) is 0 Å². The molecule has 1 aliphatic heterocycles. The fourth-order valence-electron chi connectivity index (χ4n) is 3.07. The summed E-state index contributed by atoms with van der Waals surface area (Å²) in [5.74, 6) is 0.630. The average molecular weight is 384 g/mol. The number of rotatable bonds is 5. The first-order valence-electron chi connectivity index (χ1n) is 8.71. The maximum atomic E-state index is 12.9. The van der Waals surface area contributed by atoms with Gasteiger partial charge in [-0.05, 0) is 11.6 Å². The summed E-state index contributed by atoms with van der Waals surface area (Å²) in [6.45, 7) is 2.44. The molecular weight excluding hydrogens is 364 g/mol. The number of sulfonamides is 1. The number of hydrogen-bond donors (Lipinski definition) is 0. The Morgan fingerprint density at radius 1 is 0.926 bits per heavy atom. The van der Waals surface area contributed by atoms with Crippen molar-refractivity contribution in [1.29, 1.82) is 0 Å². The highest BCUT2D eigenvalue weighted by atomic mass is 32.2. The molecular formula is C18H20N6O2S. The van der Waals surface area contributed by atoms with Crippen LogP contribution in [0.1, 0.15) is 5.56 Å². The standard InChI is InChI=1S/C18H20N6O2S/c25-27(26,17-13-21-23(15-17)14-16-5-2-1-3-6-16)24-11-9-22(10-12-24)18-19-7-4-8-20-18/h1-8,13,15H,9-12,14H2. The fraction of sp³-hybridized carbons (Fsp3) is 0.278. The molecule has 1 aromatic carbocycles. The highest BCUT2D eigenvalue weighted by molar-refractivity contribution is 7.89. The van der Waals surface area contributed by atoms with Gasteiger partial charge in [-0.2, -0.15) is 9.40 Å². The first-order chi connectivity index (χ1) is 13.1. The van der Waals surface area contributed by atoms with Gasteiger partial charge in [0.1, 0.15) is 4.90 Å². The summed E-state index contributed by atoms with van der Waals surface area (Å²) in [5, 5.41) is 4.22. The van der Waals surface area contributed by atoms with Gasteiger partial charge in [0.05, 0.1) is 12.7 Å². The molecule has 0 saturated carbocycles. The second-order valence-corrected chi connectivity index (χ2v) is 8.24. The van der Waals surface area contributed by atoms with Gasteiger partial charge in [0.15, 0.2) is 0 Å². The molecule has 0 radical (unpaired) electrons. The number of piperazine rings is 1. The summed E-state index contributed by atoms with van der Waals surface area (Å²) in [6.07, 6.45) is 6.39. The lowest BCUT2D eigenvalue weighted by Gasteiger charge is -2.33. The predicted octanol–water partition coefficient (Wildman–Crippen LogP) is 1.23. The summed E-state index contributed by atoms with van der Waals surface area (Å²) in [7, 11) is -3.56. The molecule has 140 valence electrons.